The molecule has 0 atom stereocenters. The third-order valence-corrected chi connectivity index (χ3v) is 7.30. The summed E-state index contributed by atoms with van der Waals surface area (Å²) >= 11 is 0. The first kappa shape index (κ1) is 23.0. The molecule has 0 nitrogen and oxygen atoms in total. The Kier molecular flexibility index (Phi) is 6.16. The van der Waals surface area contributed by atoms with Crippen LogP contribution < -0.4 is 0 Å². The maximum Gasteiger partial charge on any atom is -0.00266 e. The van der Waals surface area contributed by atoms with Gasteiger partial charge in [-0.2, -0.15) is 0 Å². The first-order valence-corrected chi connectivity index (χ1v) is 13.1. The Bertz CT molecular complexity index is 1640. The average Bonchev–Trinajstić information content (AvgIpc) is 2.97. The molecule has 0 aliphatic heterocycles. The Hall–Kier alpha value is -4.42. The highest BCUT2D eigenvalue weighted by atomic mass is 14.2. The molecule has 0 aromatic heterocycles. The molecular weight excluding hydrogens is 444 g/mol. The zero-order chi connectivity index (χ0) is 25.2. The summed E-state index contributed by atoms with van der Waals surface area (Å²) in [5.74, 6) is 0.518. The minimum Gasteiger partial charge on any atom is -0.0622 e. The van der Waals surface area contributed by atoms with Gasteiger partial charge in [-0.15, -0.1) is 0 Å². The molecule has 6 rings (SSSR count). The Morgan fingerprint density at radius 3 is 1.14 bits per heavy atom. The van der Waals surface area contributed by atoms with Gasteiger partial charge in [-0.05, 0) is 66.8 Å². The van der Waals surface area contributed by atoms with Gasteiger partial charge < -0.3 is 0 Å². The van der Waals surface area contributed by atoms with Crippen LogP contribution in [-0.2, 0) is 0 Å². The van der Waals surface area contributed by atoms with Gasteiger partial charge >= 0.3 is 0 Å². The predicted molar refractivity (Wildman–Crippen MR) is 160 cm³/mol. The summed E-state index contributed by atoms with van der Waals surface area (Å²) in [5, 5.41) is 2.55. The topological polar surface area (TPSA) is 0 Å². The van der Waals surface area contributed by atoms with Gasteiger partial charge in [0.05, 0.1) is 0 Å². The van der Waals surface area contributed by atoms with Gasteiger partial charge in [0.2, 0.25) is 0 Å². The molecule has 0 heterocycles. The fourth-order valence-electron chi connectivity index (χ4n) is 5.38. The molecule has 0 N–H and O–H groups in total. The van der Waals surface area contributed by atoms with Crippen LogP contribution in [0.1, 0.15) is 25.3 Å². The van der Waals surface area contributed by atoms with Gasteiger partial charge in [-0.1, -0.05) is 153 Å². The van der Waals surface area contributed by atoms with Gasteiger partial charge in [0.1, 0.15) is 0 Å². The van der Waals surface area contributed by atoms with Crippen LogP contribution in [0.2, 0.25) is 0 Å². The Morgan fingerprint density at radius 1 is 0.351 bits per heavy atom. The minimum absolute atomic E-state index is 0.518. The molecule has 0 spiro atoms. The Labute approximate surface area is 219 Å². The molecule has 0 saturated heterocycles. The summed E-state index contributed by atoms with van der Waals surface area (Å²) in [6.45, 7) is 4.49. The molecule has 6 aromatic rings. The molecular formula is C37H30. The van der Waals surface area contributed by atoms with Crippen LogP contribution in [-0.4, -0.2) is 0 Å². The van der Waals surface area contributed by atoms with Crippen LogP contribution in [0.3, 0.4) is 0 Å². The van der Waals surface area contributed by atoms with E-state index in [9.17, 15) is 0 Å². The van der Waals surface area contributed by atoms with Crippen molar-refractivity contribution in [1.29, 1.82) is 0 Å². The van der Waals surface area contributed by atoms with Gasteiger partial charge in [-0.3, -0.25) is 0 Å². The standard InChI is InChI=1S/C37H30/c1-26(2)27-18-20-29(21-19-27)33-23-25-34-35(37(33)31-16-10-5-11-17-31)24-22-32(28-12-6-3-7-13-28)36(34)30-14-8-4-9-15-30/h3-26H,1-2H3. The first-order valence-electron chi connectivity index (χ1n) is 13.1. The number of hydrogen-bond acceptors (Lipinski definition) is 0. The van der Waals surface area contributed by atoms with Gasteiger partial charge in [0, 0.05) is 0 Å². The third kappa shape index (κ3) is 4.36. The van der Waals surface area contributed by atoms with E-state index in [1.807, 2.05) is 0 Å². The molecule has 0 aliphatic rings. The van der Waals surface area contributed by atoms with Crippen LogP contribution in [0.4, 0.5) is 0 Å². The van der Waals surface area contributed by atoms with Crippen molar-refractivity contribution in [2.45, 2.75) is 19.8 Å². The largest absolute Gasteiger partial charge is 0.0622 e. The van der Waals surface area contributed by atoms with E-state index < -0.39 is 0 Å². The summed E-state index contributed by atoms with van der Waals surface area (Å²) in [7, 11) is 0. The minimum atomic E-state index is 0.518. The van der Waals surface area contributed by atoms with E-state index in [1.165, 1.54) is 60.8 Å². The lowest BCUT2D eigenvalue weighted by Crippen LogP contribution is -1.93. The van der Waals surface area contributed by atoms with Crippen LogP contribution in [0.15, 0.2) is 140 Å². The smallest absolute Gasteiger partial charge is 0.00266 e. The van der Waals surface area contributed by atoms with Gasteiger partial charge in [0.15, 0.2) is 0 Å². The van der Waals surface area contributed by atoms with Crippen LogP contribution in [0.5, 0.6) is 0 Å². The van der Waals surface area contributed by atoms with Crippen molar-refractivity contribution < 1.29 is 0 Å². The van der Waals surface area contributed by atoms with Crippen molar-refractivity contribution in [1.82, 2.24) is 0 Å². The zero-order valence-corrected chi connectivity index (χ0v) is 21.4. The number of hydrogen-bond donors (Lipinski definition) is 0. The molecule has 0 amide bonds. The SMILES string of the molecule is CC(C)c1ccc(-c2ccc3c(-c4ccccc4)c(-c4ccccc4)ccc3c2-c2ccccc2)cc1. The van der Waals surface area contributed by atoms with E-state index >= 15 is 0 Å². The fraction of sp³-hybridized carbons (Fsp3) is 0.0811. The third-order valence-electron chi connectivity index (χ3n) is 7.30. The second kappa shape index (κ2) is 9.91. The highest BCUT2D eigenvalue weighted by Gasteiger charge is 2.17. The second-order valence-corrected chi connectivity index (χ2v) is 9.95. The van der Waals surface area contributed by atoms with E-state index in [4.69, 9.17) is 0 Å². The van der Waals surface area contributed by atoms with Crippen molar-refractivity contribution in [3.05, 3.63) is 145 Å². The van der Waals surface area contributed by atoms with E-state index in [2.05, 4.69) is 153 Å². The fourth-order valence-corrected chi connectivity index (χ4v) is 5.38. The predicted octanol–water partition coefficient (Wildman–Crippen LogP) is 10.6. The highest BCUT2D eigenvalue weighted by Crippen LogP contribution is 2.44. The molecule has 37 heavy (non-hydrogen) atoms. The van der Waals surface area contributed by atoms with Crippen LogP contribution in [0.25, 0.3) is 55.3 Å². The second-order valence-electron chi connectivity index (χ2n) is 9.95. The van der Waals surface area contributed by atoms with Crippen LogP contribution in [0, 0.1) is 0 Å². The molecule has 0 radical (unpaired) electrons. The average molecular weight is 475 g/mol. The number of rotatable bonds is 5. The molecule has 0 aliphatic carbocycles. The number of fused-ring (bicyclic) bond motifs is 1. The van der Waals surface area contributed by atoms with E-state index in [1.54, 1.807) is 0 Å². The first-order chi connectivity index (χ1) is 18.2. The monoisotopic (exact) mass is 474 g/mol. The number of benzene rings is 6. The summed E-state index contributed by atoms with van der Waals surface area (Å²) in [4.78, 5) is 0. The molecule has 178 valence electrons. The van der Waals surface area contributed by atoms with Crippen molar-refractivity contribution in [3.63, 3.8) is 0 Å². The molecule has 0 bridgehead atoms. The Balaban J connectivity index is 1.68. The molecule has 0 saturated carbocycles. The lowest BCUT2D eigenvalue weighted by Gasteiger charge is -2.19. The lowest BCUT2D eigenvalue weighted by molar-refractivity contribution is 0.867. The zero-order valence-electron chi connectivity index (χ0n) is 21.4. The van der Waals surface area contributed by atoms with Crippen molar-refractivity contribution in [3.8, 4) is 44.5 Å². The molecule has 0 fully saturated rings. The van der Waals surface area contributed by atoms with Crippen LogP contribution >= 0.6 is 0 Å². The maximum atomic E-state index is 2.32. The van der Waals surface area contributed by atoms with Gasteiger partial charge in [-0.25, -0.2) is 0 Å². The normalized spacial score (nSPS) is 11.2. The Morgan fingerprint density at radius 2 is 0.730 bits per heavy atom. The molecule has 6 aromatic carbocycles. The summed E-state index contributed by atoms with van der Waals surface area (Å²) in [6.07, 6.45) is 0. The quantitative estimate of drug-likeness (QED) is 0.233. The lowest BCUT2D eigenvalue weighted by atomic mass is 9.84. The summed E-state index contributed by atoms with van der Waals surface area (Å²) < 4.78 is 0. The summed E-state index contributed by atoms with van der Waals surface area (Å²) in [6, 6.07) is 50.7. The van der Waals surface area contributed by atoms with Crippen molar-refractivity contribution >= 4 is 10.8 Å². The molecule has 0 unspecified atom stereocenters. The maximum absolute atomic E-state index is 2.32. The summed E-state index contributed by atoms with van der Waals surface area (Å²) in [5.41, 5.74) is 11.4. The van der Waals surface area contributed by atoms with Gasteiger partial charge in [0.25, 0.3) is 0 Å². The van der Waals surface area contributed by atoms with Crippen molar-refractivity contribution in [2.75, 3.05) is 0 Å². The van der Waals surface area contributed by atoms with Crippen molar-refractivity contribution in [2.24, 2.45) is 0 Å². The molecule has 0 heteroatoms. The van der Waals surface area contributed by atoms with E-state index in [-0.39, 0.29) is 0 Å². The van der Waals surface area contributed by atoms with E-state index in [0.717, 1.165) is 0 Å². The van der Waals surface area contributed by atoms with E-state index in [0.29, 0.717) is 5.92 Å². The highest BCUT2D eigenvalue weighted by molar-refractivity contribution is 6.12.